The van der Waals surface area contributed by atoms with Crippen LogP contribution < -0.4 is 5.32 Å². The summed E-state index contributed by atoms with van der Waals surface area (Å²) >= 11 is 0. The van der Waals surface area contributed by atoms with Crippen LogP contribution in [0.1, 0.15) is 5.76 Å². The van der Waals surface area contributed by atoms with Crippen LogP contribution in [0.15, 0.2) is 89.7 Å². The molecule has 31 heavy (non-hydrogen) atoms. The molecule has 0 atom stereocenters. The highest BCUT2D eigenvalue weighted by atomic mass is 16.3. The van der Waals surface area contributed by atoms with E-state index >= 15 is 0 Å². The summed E-state index contributed by atoms with van der Waals surface area (Å²) in [6, 6.07) is 22.3. The number of carbonyl (C=O) groups is 1. The number of nitrogens with zero attached hydrogens (tertiary/aromatic N) is 5. The number of furan rings is 1. The van der Waals surface area contributed by atoms with E-state index < -0.39 is 5.91 Å². The van der Waals surface area contributed by atoms with Crippen LogP contribution in [0.25, 0.3) is 34.1 Å². The lowest BCUT2D eigenvalue weighted by atomic mass is 10.2. The Labute approximate surface area is 176 Å². The Hall–Kier alpha value is -4.59. The van der Waals surface area contributed by atoms with Crippen LogP contribution in [0.4, 0.5) is 5.69 Å². The molecule has 0 spiro atoms. The van der Waals surface area contributed by atoms with Crippen LogP contribution in [0.2, 0.25) is 0 Å². The van der Waals surface area contributed by atoms with Crippen molar-refractivity contribution >= 4 is 34.3 Å². The standard InChI is InChI=1S/C23H16N6O2/c30-23(25-19-12-4-9-16-10-5-13-24-21(16)19)20(15-18-11-6-14-31-18)29-22(26-27-28-29)17-7-2-1-3-8-17/h1-15H,(H,25,30)/b20-15-. The first-order chi connectivity index (χ1) is 15.3. The van der Waals surface area contributed by atoms with Crippen LogP contribution in [0.3, 0.4) is 0 Å². The van der Waals surface area contributed by atoms with Gasteiger partial charge in [0.1, 0.15) is 11.5 Å². The lowest BCUT2D eigenvalue weighted by Crippen LogP contribution is -2.19. The number of amides is 1. The van der Waals surface area contributed by atoms with Gasteiger partial charge in [-0.25, -0.2) is 0 Å². The summed E-state index contributed by atoms with van der Waals surface area (Å²) in [6.45, 7) is 0. The highest BCUT2D eigenvalue weighted by molar-refractivity contribution is 6.25. The van der Waals surface area contributed by atoms with Gasteiger partial charge in [0.2, 0.25) is 0 Å². The number of tetrazole rings is 1. The predicted molar refractivity (Wildman–Crippen MR) is 117 cm³/mol. The number of anilines is 1. The van der Waals surface area contributed by atoms with Crippen molar-refractivity contribution in [1.29, 1.82) is 0 Å². The van der Waals surface area contributed by atoms with Crippen molar-refractivity contribution in [2.75, 3.05) is 5.32 Å². The summed E-state index contributed by atoms with van der Waals surface area (Å²) in [4.78, 5) is 17.8. The van der Waals surface area contributed by atoms with Gasteiger partial charge in [-0.15, -0.1) is 5.10 Å². The largest absolute Gasteiger partial charge is 0.465 e. The second kappa shape index (κ2) is 8.03. The van der Waals surface area contributed by atoms with Crippen molar-refractivity contribution in [2.24, 2.45) is 0 Å². The van der Waals surface area contributed by atoms with Gasteiger partial charge in [-0.2, -0.15) is 4.68 Å². The number of aromatic nitrogens is 5. The molecule has 1 amide bonds. The first-order valence-electron chi connectivity index (χ1n) is 9.54. The second-order valence-electron chi connectivity index (χ2n) is 6.66. The molecule has 5 rings (SSSR count). The van der Waals surface area contributed by atoms with Crippen molar-refractivity contribution in [1.82, 2.24) is 25.2 Å². The fourth-order valence-corrected chi connectivity index (χ4v) is 3.24. The van der Waals surface area contributed by atoms with Crippen molar-refractivity contribution in [3.05, 3.63) is 91.0 Å². The van der Waals surface area contributed by atoms with E-state index in [2.05, 4.69) is 25.8 Å². The smallest absolute Gasteiger partial charge is 0.274 e. The van der Waals surface area contributed by atoms with Crippen molar-refractivity contribution in [2.45, 2.75) is 0 Å². The molecule has 0 fully saturated rings. The van der Waals surface area contributed by atoms with Crippen LogP contribution in [0, 0.1) is 0 Å². The molecule has 2 aromatic carbocycles. The molecule has 0 aliphatic rings. The molecule has 1 N–H and O–H groups in total. The SMILES string of the molecule is O=C(Nc1cccc2cccnc12)/C(=C/c1ccco1)n1nnnc1-c1ccccc1. The lowest BCUT2D eigenvalue weighted by Gasteiger charge is -2.11. The van der Waals surface area contributed by atoms with E-state index in [-0.39, 0.29) is 5.70 Å². The maximum absolute atomic E-state index is 13.4. The van der Waals surface area contributed by atoms with Crippen LogP contribution in [-0.2, 0) is 4.79 Å². The molecule has 8 nitrogen and oxygen atoms in total. The highest BCUT2D eigenvalue weighted by Gasteiger charge is 2.20. The number of rotatable bonds is 5. The number of nitrogens with one attached hydrogen (secondary N) is 1. The molecule has 8 heteroatoms. The van der Waals surface area contributed by atoms with Gasteiger partial charge in [0.05, 0.1) is 17.5 Å². The number of hydrogen-bond donors (Lipinski definition) is 1. The molecule has 0 saturated heterocycles. The fraction of sp³-hybridized carbons (Fsp3) is 0. The third-order valence-corrected chi connectivity index (χ3v) is 4.67. The van der Waals surface area contributed by atoms with E-state index in [4.69, 9.17) is 4.42 Å². The minimum atomic E-state index is -0.404. The van der Waals surface area contributed by atoms with Gasteiger partial charge in [-0.05, 0) is 34.7 Å². The highest BCUT2D eigenvalue weighted by Crippen LogP contribution is 2.24. The summed E-state index contributed by atoms with van der Waals surface area (Å²) in [5.74, 6) is 0.527. The number of hydrogen-bond acceptors (Lipinski definition) is 6. The summed E-state index contributed by atoms with van der Waals surface area (Å²) < 4.78 is 6.82. The van der Waals surface area contributed by atoms with Gasteiger partial charge in [0, 0.05) is 23.2 Å². The fourth-order valence-electron chi connectivity index (χ4n) is 3.24. The Morgan fingerprint density at radius 3 is 2.68 bits per heavy atom. The number of benzene rings is 2. The Balaban J connectivity index is 1.58. The molecule has 0 unspecified atom stereocenters. The average Bonchev–Trinajstić information content (AvgIpc) is 3.50. The Morgan fingerprint density at radius 2 is 1.84 bits per heavy atom. The average molecular weight is 408 g/mol. The molecule has 0 saturated carbocycles. The third kappa shape index (κ3) is 3.69. The van der Waals surface area contributed by atoms with Crippen LogP contribution >= 0.6 is 0 Å². The number of carbonyl (C=O) groups excluding carboxylic acids is 1. The van der Waals surface area contributed by atoms with Gasteiger partial charge in [-0.3, -0.25) is 9.78 Å². The number of fused-ring (bicyclic) bond motifs is 1. The quantitative estimate of drug-likeness (QED) is 0.439. The molecule has 0 radical (unpaired) electrons. The second-order valence-corrected chi connectivity index (χ2v) is 6.66. The molecule has 0 aliphatic carbocycles. The topological polar surface area (TPSA) is 98.7 Å². The summed E-state index contributed by atoms with van der Waals surface area (Å²) in [5, 5.41) is 15.8. The van der Waals surface area contributed by atoms with E-state index in [0.717, 1.165) is 10.9 Å². The maximum Gasteiger partial charge on any atom is 0.274 e. The van der Waals surface area contributed by atoms with Gasteiger partial charge in [0.15, 0.2) is 5.82 Å². The van der Waals surface area contributed by atoms with E-state index in [9.17, 15) is 4.79 Å². The van der Waals surface area contributed by atoms with Crippen molar-refractivity contribution < 1.29 is 9.21 Å². The van der Waals surface area contributed by atoms with E-state index in [1.165, 1.54) is 10.9 Å². The molecule has 0 bridgehead atoms. The predicted octanol–water partition coefficient (Wildman–Crippen LogP) is 4.12. The van der Waals surface area contributed by atoms with E-state index in [0.29, 0.717) is 22.8 Å². The van der Waals surface area contributed by atoms with Crippen LogP contribution in [0.5, 0.6) is 0 Å². The first-order valence-corrected chi connectivity index (χ1v) is 9.54. The Morgan fingerprint density at radius 1 is 0.968 bits per heavy atom. The molecule has 0 aliphatic heterocycles. The zero-order valence-electron chi connectivity index (χ0n) is 16.2. The third-order valence-electron chi connectivity index (χ3n) is 4.67. The monoisotopic (exact) mass is 408 g/mol. The zero-order valence-corrected chi connectivity index (χ0v) is 16.2. The molecular weight excluding hydrogens is 392 g/mol. The summed E-state index contributed by atoms with van der Waals surface area (Å²) in [5.41, 5.74) is 2.25. The maximum atomic E-state index is 13.4. The molecule has 3 heterocycles. The lowest BCUT2D eigenvalue weighted by molar-refractivity contribution is -0.111. The van der Waals surface area contributed by atoms with Crippen molar-refractivity contribution in [3.63, 3.8) is 0 Å². The summed E-state index contributed by atoms with van der Waals surface area (Å²) in [6.07, 6.45) is 4.82. The summed E-state index contributed by atoms with van der Waals surface area (Å²) in [7, 11) is 0. The van der Waals surface area contributed by atoms with E-state index in [1.807, 2.05) is 54.6 Å². The van der Waals surface area contributed by atoms with E-state index in [1.54, 1.807) is 30.5 Å². The molecule has 150 valence electrons. The minimum absolute atomic E-state index is 0.201. The molecule has 5 aromatic rings. The van der Waals surface area contributed by atoms with Gasteiger partial charge < -0.3 is 9.73 Å². The zero-order chi connectivity index (χ0) is 21.0. The van der Waals surface area contributed by atoms with Crippen LogP contribution in [-0.4, -0.2) is 31.1 Å². The van der Waals surface area contributed by atoms with Gasteiger partial charge in [0.25, 0.3) is 5.91 Å². The Kier molecular flexibility index (Phi) is 4.78. The van der Waals surface area contributed by atoms with Crippen molar-refractivity contribution in [3.8, 4) is 11.4 Å². The number of pyridine rings is 1. The van der Waals surface area contributed by atoms with Gasteiger partial charge in [-0.1, -0.05) is 48.5 Å². The minimum Gasteiger partial charge on any atom is -0.465 e. The van der Waals surface area contributed by atoms with Gasteiger partial charge >= 0.3 is 0 Å². The first kappa shape index (κ1) is 18.4. The Bertz CT molecular complexity index is 1370. The number of para-hydroxylation sites is 1. The molecular formula is C23H16N6O2. The normalized spacial score (nSPS) is 11.5. The molecule has 3 aromatic heterocycles.